The molecule has 3 atom stereocenters. The Hall–Kier alpha value is -1.83. The molecule has 122 valence electrons. The standard InChI is InChI=1S/C14H13O8P/c15-9(5-7-6-10(16)13-14(21-13)12(7)17)8-3-1-2-4-11(8)22-23(18,19)20/h1-4,6,12-14,17H,5H2,(H2,18,19,20). The lowest BCUT2D eigenvalue weighted by molar-refractivity contribution is -0.116. The molecule has 8 nitrogen and oxygen atoms in total. The van der Waals surface area contributed by atoms with Gasteiger partial charge in [0.15, 0.2) is 11.6 Å². The smallest absolute Gasteiger partial charge is 0.403 e. The molecule has 23 heavy (non-hydrogen) atoms. The topological polar surface area (TPSA) is 134 Å². The van der Waals surface area contributed by atoms with Gasteiger partial charge in [-0.15, -0.1) is 0 Å². The molecular formula is C14H13O8P. The molecule has 0 saturated carbocycles. The third-order valence-electron chi connectivity index (χ3n) is 3.59. The first-order valence-corrected chi connectivity index (χ1v) is 8.24. The van der Waals surface area contributed by atoms with E-state index in [9.17, 15) is 19.3 Å². The van der Waals surface area contributed by atoms with Crippen LogP contribution in [0.2, 0.25) is 0 Å². The van der Waals surface area contributed by atoms with Gasteiger partial charge in [-0.2, -0.15) is 0 Å². The summed E-state index contributed by atoms with van der Waals surface area (Å²) in [6.07, 6.45) is -1.38. The van der Waals surface area contributed by atoms with E-state index < -0.39 is 31.9 Å². The first kappa shape index (κ1) is 16.0. The van der Waals surface area contributed by atoms with Crippen LogP contribution in [0.4, 0.5) is 0 Å². The molecule has 0 spiro atoms. The summed E-state index contributed by atoms with van der Waals surface area (Å²) in [5.41, 5.74) is 0.167. The molecule has 3 unspecified atom stereocenters. The molecule has 1 fully saturated rings. The fourth-order valence-corrected chi connectivity index (χ4v) is 2.91. The zero-order chi connectivity index (χ0) is 16.8. The first-order valence-electron chi connectivity index (χ1n) is 6.71. The number of aliphatic hydroxyl groups excluding tert-OH is 1. The van der Waals surface area contributed by atoms with Crippen molar-refractivity contribution in [1.29, 1.82) is 0 Å². The van der Waals surface area contributed by atoms with Crippen LogP contribution in [0.15, 0.2) is 35.9 Å². The second-order valence-electron chi connectivity index (χ2n) is 5.27. The van der Waals surface area contributed by atoms with E-state index in [0.29, 0.717) is 0 Å². The molecule has 1 aliphatic carbocycles. The van der Waals surface area contributed by atoms with Crippen LogP contribution in [0.3, 0.4) is 0 Å². The fraction of sp³-hybridized carbons (Fsp3) is 0.286. The molecular weight excluding hydrogens is 327 g/mol. The second kappa shape index (κ2) is 5.67. The maximum Gasteiger partial charge on any atom is 0.524 e. The van der Waals surface area contributed by atoms with Crippen LogP contribution in [-0.2, 0) is 14.1 Å². The van der Waals surface area contributed by atoms with E-state index in [0.717, 1.165) is 0 Å². The number of benzene rings is 1. The van der Waals surface area contributed by atoms with Gasteiger partial charge in [0.05, 0.1) is 5.56 Å². The van der Waals surface area contributed by atoms with Crippen molar-refractivity contribution in [2.45, 2.75) is 24.7 Å². The summed E-state index contributed by atoms with van der Waals surface area (Å²) in [6.45, 7) is 0. The lowest BCUT2D eigenvalue weighted by Gasteiger charge is -2.16. The lowest BCUT2D eigenvalue weighted by Crippen LogP contribution is -2.29. The minimum absolute atomic E-state index is 0.0461. The van der Waals surface area contributed by atoms with Crippen LogP contribution in [0.1, 0.15) is 16.8 Å². The second-order valence-corrected chi connectivity index (χ2v) is 6.43. The number of rotatable bonds is 5. The maximum atomic E-state index is 12.4. The van der Waals surface area contributed by atoms with Crippen LogP contribution in [0.25, 0.3) is 0 Å². The van der Waals surface area contributed by atoms with E-state index in [4.69, 9.17) is 14.5 Å². The number of Topliss-reactive ketones (excluding diaryl/α,β-unsaturated/α-hetero) is 1. The number of hydrogen-bond donors (Lipinski definition) is 3. The van der Waals surface area contributed by atoms with Crippen molar-refractivity contribution >= 4 is 19.4 Å². The van der Waals surface area contributed by atoms with E-state index in [-0.39, 0.29) is 29.1 Å². The molecule has 2 aliphatic rings. The Morgan fingerprint density at radius 3 is 2.70 bits per heavy atom. The Balaban J connectivity index is 1.81. The number of hydrogen-bond acceptors (Lipinski definition) is 6. The monoisotopic (exact) mass is 340 g/mol. The van der Waals surface area contributed by atoms with E-state index in [2.05, 4.69) is 4.52 Å². The molecule has 1 aromatic rings. The SMILES string of the molecule is O=C(CC1=CC(=O)C2OC2C1O)c1ccccc1OP(=O)(O)O. The third-order valence-corrected chi connectivity index (χ3v) is 4.03. The quantitative estimate of drug-likeness (QED) is 0.398. The zero-order valence-electron chi connectivity index (χ0n) is 11.7. The number of fused-ring (bicyclic) bond motifs is 1. The van der Waals surface area contributed by atoms with Gasteiger partial charge in [0.2, 0.25) is 0 Å². The van der Waals surface area contributed by atoms with E-state index in [1.165, 1.54) is 30.3 Å². The van der Waals surface area contributed by atoms with Gasteiger partial charge >= 0.3 is 7.82 Å². The highest BCUT2D eigenvalue weighted by Gasteiger charge is 2.52. The van der Waals surface area contributed by atoms with Gasteiger partial charge in [-0.1, -0.05) is 12.1 Å². The molecule has 1 saturated heterocycles. The Morgan fingerprint density at radius 1 is 1.30 bits per heavy atom. The number of epoxide rings is 1. The molecule has 3 rings (SSSR count). The number of carbonyl (C=O) groups is 2. The van der Waals surface area contributed by atoms with E-state index >= 15 is 0 Å². The molecule has 1 aliphatic heterocycles. The average molecular weight is 340 g/mol. The van der Waals surface area contributed by atoms with Crippen molar-refractivity contribution in [3.05, 3.63) is 41.5 Å². The summed E-state index contributed by atoms with van der Waals surface area (Å²) in [7, 11) is -4.81. The number of phosphoric acid groups is 1. The van der Waals surface area contributed by atoms with Crippen molar-refractivity contribution in [1.82, 2.24) is 0 Å². The fourth-order valence-electron chi connectivity index (χ4n) is 2.50. The number of aliphatic hydroxyl groups is 1. The lowest BCUT2D eigenvalue weighted by atomic mass is 9.90. The van der Waals surface area contributed by atoms with Gasteiger partial charge in [0.1, 0.15) is 24.1 Å². The average Bonchev–Trinajstić information content (AvgIpc) is 3.24. The highest BCUT2D eigenvalue weighted by Crippen LogP contribution is 2.40. The summed E-state index contributed by atoms with van der Waals surface area (Å²) in [5.74, 6) is -1.10. The van der Waals surface area contributed by atoms with Crippen LogP contribution in [0, 0.1) is 0 Å². The zero-order valence-corrected chi connectivity index (χ0v) is 12.6. The highest BCUT2D eigenvalue weighted by atomic mass is 31.2. The summed E-state index contributed by atoms with van der Waals surface area (Å²) < 4.78 is 20.5. The summed E-state index contributed by atoms with van der Waals surface area (Å²) in [4.78, 5) is 41.7. The Kier molecular flexibility index (Phi) is 3.95. The predicted molar refractivity (Wildman–Crippen MR) is 75.8 cm³/mol. The minimum Gasteiger partial charge on any atom is -0.403 e. The molecule has 0 radical (unpaired) electrons. The highest BCUT2D eigenvalue weighted by molar-refractivity contribution is 7.46. The number of ether oxygens (including phenoxy) is 1. The maximum absolute atomic E-state index is 12.4. The van der Waals surface area contributed by atoms with Crippen molar-refractivity contribution < 1.29 is 38.3 Å². The van der Waals surface area contributed by atoms with Gasteiger partial charge in [-0.05, 0) is 23.8 Å². The van der Waals surface area contributed by atoms with Crippen molar-refractivity contribution in [2.75, 3.05) is 0 Å². The predicted octanol–water partition coefficient (Wildman–Crippen LogP) is 0.368. The minimum atomic E-state index is -4.81. The largest absolute Gasteiger partial charge is 0.524 e. The van der Waals surface area contributed by atoms with E-state index in [1.54, 1.807) is 0 Å². The van der Waals surface area contributed by atoms with Gasteiger partial charge < -0.3 is 14.4 Å². The first-order chi connectivity index (χ1) is 10.8. The van der Waals surface area contributed by atoms with Crippen molar-refractivity contribution in [2.24, 2.45) is 0 Å². The van der Waals surface area contributed by atoms with Gasteiger partial charge in [-0.25, -0.2) is 4.57 Å². The Bertz CT molecular complexity index is 749. The Morgan fingerprint density at radius 2 is 2.00 bits per heavy atom. The summed E-state index contributed by atoms with van der Waals surface area (Å²) in [5, 5.41) is 9.99. The van der Waals surface area contributed by atoms with Crippen LogP contribution in [0.5, 0.6) is 5.75 Å². The normalized spacial score (nSPS) is 26.3. The van der Waals surface area contributed by atoms with Crippen LogP contribution >= 0.6 is 7.82 Å². The number of ketones is 2. The van der Waals surface area contributed by atoms with Crippen LogP contribution < -0.4 is 4.52 Å². The van der Waals surface area contributed by atoms with Crippen molar-refractivity contribution in [3.63, 3.8) is 0 Å². The molecule has 1 heterocycles. The molecule has 9 heteroatoms. The van der Waals surface area contributed by atoms with E-state index in [1.807, 2.05) is 0 Å². The summed E-state index contributed by atoms with van der Waals surface area (Å²) in [6, 6.07) is 5.57. The molecule has 1 aromatic carbocycles. The summed E-state index contributed by atoms with van der Waals surface area (Å²) >= 11 is 0. The van der Waals surface area contributed by atoms with Crippen LogP contribution in [-0.4, -0.2) is 44.8 Å². The van der Waals surface area contributed by atoms with Gasteiger partial charge in [-0.3, -0.25) is 19.4 Å². The molecule has 0 amide bonds. The molecule has 0 bridgehead atoms. The number of phosphoric ester groups is 1. The van der Waals surface area contributed by atoms with Gasteiger partial charge in [0, 0.05) is 6.42 Å². The number of para-hydroxylation sites is 1. The molecule has 0 aromatic heterocycles. The van der Waals surface area contributed by atoms with Gasteiger partial charge in [0.25, 0.3) is 0 Å². The Labute approximate surface area is 130 Å². The number of carbonyl (C=O) groups excluding carboxylic acids is 2. The molecule has 3 N–H and O–H groups in total. The van der Waals surface area contributed by atoms with Crippen molar-refractivity contribution in [3.8, 4) is 5.75 Å². The third kappa shape index (κ3) is 3.41.